The van der Waals surface area contributed by atoms with E-state index < -0.39 is 46.4 Å². The van der Waals surface area contributed by atoms with E-state index >= 15 is 4.39 Å². The molecule has 1 unspecified atom stereocenters. The molecular formula is C42H52F2N6O9. The van der Waals surface area contributed by atoms with Crippen LogP contribution in [0.4, 0.5) is 18.4 Å². The molecule has 2 amide bonds. The lowest BCUT2D eigenvalue weighted by Gasteiger charge is -2.33. The van der Waals surface area contributed by atoms with Crippen LogP contribution in [0.2, 0.25) is 0 Å². The van der Waals surface area contributed by atoms with Crippen molar-refractivity contribution in [3.8, 4) is 23.0 Å². The topological polar surface area (TPSA) is 167 Å². The number of hydrogen-bond donors (Lipinski definition) is 2. The van der Waals surface area contributed by atoms with Gasteiger partial charge in [0.2, 0.25) is 0 Å². The predicted octanol–water partition coefficient (Wildman–Crippen LogP) is 5.90. The number of amides is 2. The van der Waals surface area contributed by atoms with Gasteiger partial charge in [0, 0.05) is 44.9 Å². The Balaban J connectivity index is 1.10. The fourth-order valence-electron chi connectivity index (χ4n) is 8.32. The predicted molar refractivity (Wildman–Crippen MR) is 214 cm³/mol. The van der Waals surface area contributed by atoms with Gasteiger partial charge in [-0.25, -0.2) is 18.4 Å². The average Bonchev–Trinajstić information content (AvgIpc) is 3.63. The number of fused-ring (bicyclic) bond motifs is 3. The van der Waals surface area contributed by atoms with Crippen molar-refractivity contribution in [3.63, 3.8) is 0 Å². The smallest absolute Gasteiger partial charge is 0.410 e. The van der Waals surface area contributed by atoms with E-state index in [0.717, 1.165) is 30.3 Å². The van der Waals surface area contributed by atoms with Gasteiger partial charge in [0.1, 0.15) is 35.3 Å². The molecule has 0 spiro atoms. The summed E-state index contributed by atoms with van der Waals surface area (Å²) in [5, 5.41) is 4.21. The molecule has 17 heteroatoms. The van der Waals surface area contributed by atoms with Crippen molar-refractivity contribution in [1.82, 2.24) is 30.1 Å². The van der Waals surface area contributed by atoms with Crippen molar-refractivity contribution < 1.29 is 46.8 Å². The lowest BCUT2D eigenvalue weighted by molar-refractivity contribution is 0.0219. The van der Waals surface area contributed by atoms with E-state index in [9.17, 15) is 18.8 Å². The van der Waals surface area contributed by atoms with Gasteiger partial charge in [-0.3, -0.25) is 19.7 Å². The summed E-state index contributed by atoms with van der Waals surface area (Å²) in [6.45, 7) is 9.33. The number of nitrogens with one attached hydrogen (secondary N) is 2. The summed E-state index contributed by atoms with van der Waals surface area (Å²) in [5.74, 6) is -0.426. The fraction of sp³-hybridized carbons (Fsp3) is 0.548. The van der Waals surface area contributed by atoms with Crippen LogP contribution in [-0.2, 0) is 25.4 Å². The van der Waals surface area contributed by atoms with Gasteiger partial charge in [0.15, 0.2) is 12.6 Å². The van der Waals surface area contributed by atoms with E-state index in [0.29, 0.717) is 55.7 Å². The van der Waals surface area contributed by atoms with Crippen molar-refractivity contribution in [2.45, 2.75) is 82.6 Å². The number of alkyl carbamates (subject to hydrolysis) is 1. The van der Waals surface area contributed by atoms with Crippen LogP contribution in [0.5, 0.6) is 11.8 Å². The summed E-state index contributed by atoms with van der Waals surface area (Å²) >= 11 is 0. The molecule has 0 saturated carbocycles. The van der Waals surface area contributed by atoms with Gasteiger partial charge in [-0.05, 0) is 88.4 Å². The molecule has 0 radical (unpaired) electrons. The van der Waals surface area contributed by atoms with Gasteiger partial charge >= 0.3 is 12.2 Å². The number of aromatic nitrogens is 3. The first-order valence-electron chi connectivity index (χ1n) is 19.9. The number of alkyl halides is 1. The largest absolute Gasteiger partial charge is 0.468 e. The molecule has 3 aliphatic heterocycles. The highest BCUT2D eigenvalue weighted by atomic mass is 19.1. The number of methoxy groups -OCH3 is 1. The minimum Gasteiger partial charge on any atom is -0.468 e. The maximum Gasteiger partial charge on any atom is 0.410 e. The Morgan fingerprint density at radius 3 is 2.80 bits per heavy atom. The normalized spacial score (nSPS) is 22.3. The molecule has 5 heterocycles. The third-order valence-corrected chi connectivity index (χ3v) is 10.9. The molecular weight excluding hydrogens is 770 g/mol. The Morgan fingerprint density at radius 1 is 1.17 bits per heavy atom. The van der Waals surface area contributed by atoms with E-state index in [1.165, 1.54) is 18.2 Å². The summed E-state index contributed by atoms with van der Waals surface area (Å²) in [6, 6.07) is 8.96. The highest BCUT2D eigenvalue weighted by molar-refractivity contribution is 6.00. The Hall–Kier alpha value is -5.13. The van der Waals surface area contributed by atoms with E-state index in [-0.39, 0.29) is 55.8 Å². The summed E-state index contributed by atoms with van der Waals surface area (Å²) in [5.41, 5.74) is -1.78. The highest BCUT2D eigenvalue weighted by Crippen LogP contribution is 2.41. The van der Waals surface area contributed by atoms with Gasteiger partial charge in [-0.15, -0.1) is 0 Å². The molecule has 4 aromatic rings. The zero-order chi connectivity index (χ0) is 42.0. The van der Waals surface area contributed by atoms with Crippen LogP contribution >= 0.6 is 0 Å². The highest BCUT2D eigenvalue weighted by Gasteiger charge is 2.49. The molecule has 7 rings (SSSR count). The summed E-state index contributed by atoms with van der Waals surface area (Å²) < 4.78 is 64.9. The molecule has 0 aliphatic carbocycles. The second kappa shape index (κ2) is 17.2. The molecule has 59 heavy (non-hydrogen) atoms. The first-order chi connectivity index (χ1) is 28.2. The molecule has 3 saturated heterocycles. The van der Waals surface area contributed by atoms with Crippen LogP contribution in [0.1, 0.15) is 58.9 Å². The van der Waals surface area contributed by atoms with Crippen molar-refractivity contribution in [3.05, 3.63) is 58.3 Å². The van der Waals surface area contributed by atoms with Crippen molar-refractivity contribution in [1.29, 1.82) is 0 Å². The number of carbonyl (C=O) groups is 2. The van der Waals surface area contributed by atoms with E-state index in [1.54, 1.807) is 33.8 Å². The second-order valence-electron chi connectivity index (χ2n) is 16.8. The van der Waals surface area contributed by atoms with Gasteiger partial charge in [-0.1, -0.05) is 18.2 Å². The quantitative estimate of drug-likeness (QED) is 0.129. The number of rotatable bonds is 12. The third-order valence-electron chi connectivity index (χ3n) is 10.9. The maximum atomic E-state index is 16.8. The number of ether oxygens (including phenoxy) is 6. The standard InChI is InChI=1S/C42H52F2N6O9/c1-40(2,3)59-39(53)49-14-16-55-23-41(4,22-49)48-38(52)56-15-7-11-26-9-6-10-27-17-29(58-25-54-5)18-30(32(26)27)34-33(44)35-31(20-45-34)36(51)47-37(46-35)57-24-42-12-8-13-50(42)21-28(43)19-42/h6,9-10,17-18,20,28H,7-8,11-16,19,21-25H2,1-5H3,(H,48,52)(H,46,47,51)/t28-,41?,42+/m1/s1. The fourth-order valence-corrected chi connectivity index (χ4v) is 8.32. The minimum atomic E-state index is -0.959. The van der Waals surface area contributed by atoms with E-state index in [2.05, 4.69) is 25.2 Å². The molecule has 3 atom stereocenters. The van der Waals surface area contributed by atoms with Crippen LogP contribution in [0, 0.1) is 5.82 Å². The first kappa shape index (κ1) is 42.0. The van der Waals surface area contributed by atoms with E-state index in [4.69, 9.17) is 28.4 Å². The summed E-state index contributed by atoms with van der Waals surface area (Å²) in [7, 11) is 1.49. The third kappa shape index (κ3) is 9.52. The minimum absolute atomic E-state index is 0.0540. The lowest BCUT2D eigenvalue weighted by atomic mass is 9.94. The van der Waals surface area contributed by atoms with Crippen LogP contribution in [0.15, 0.2) is 41.3 Å². The lowest BCUT2D eigenvalue weighted by Crippen LogP contribution is -2.56. The molecule has 3 fully saturated rings. The van der Waals surface area contributed by atoms with Crippen molar-refractivity contribution in [2.75, 3.05) is 66.5 Å². The van der Waals surface area contributed by atoms with Crippen LogP contribution < -0.4 is 20.3 Å². The Labute approximate surface area is 340 Å². The number of H-pyrrole nitrogens is 1. The first-order valence-corrected chi connectivity index (χ1v) is 19.9. The zero-order valence-electron chi connectivity index (χ0n) is 34.2. The Kier molecular flexibility index (Phi) is 12.3. The number of nitrogens with zero attached hydrogens (tertiary/aromatic N) is 4. The molecule has 2 aromatic carbocycles. The number of halogens is 2. The molecule has 3 aliphatic rings. The van der Waals surface area contributed by atoms with Gasteiger partial charge in [0.25, 0.3) is 11.6 Å². The van der Waals surface area contributed by atoms with Crippen LogP contribution in [0.25, 0.3) is 32.9 Å². The van der Waals surface area contributed by atoms with Crippen molar-refractivity contribution >= 4 is 33.9 Å². The number of benzene rings is 2. The molecule has 15 nitrogen and oxygen atoms in total. The zero-order valence-corrected chi connectivity index (χ0v) is 34.2. The molecule has 2 aromatic heterocycles. The number of aryl methyl sites for hydroxylation is 1. The Bertz CT molecular complexity index is 2250. The number of pyridine rings is 1. The molecule has 0 bridgehead atoms. The number of carbonyl (C=O) groups excluding carboxylic acids is 2. The van der Waals surface area contributed by atoms with Crippen molar-refractivity contribution in [2.24, 2.45) is 0 Å². The van der Waals surface area contributed by atoms with E-state index in [1.807, 2.05) is 24.3 Å². The SMILES string of the molecule is COCOc1cc(-c2ncc3c(=O)[nH]c(OC[C@@]45CCCN4C[C@H](F)C5)nc3c2F)c2c(CCCOC(=O)NC3(C)COCCN(C(=O)OC(C)(C)C)C3)cccc2c1. The van der Waals surface area contributed by atoms with Crippen LogP contribution in [0.3, 0.4) is 0 Å². The van der Waals surface area contributed by atoms with Gasteiger partial charge in [-0.2, -0.15) is 4.98 Å². The van der Waals surface area contributed by atoms with Gasteiger partial charge < -0.3 is 38.6 Å². The second-order valence-corrected chi connectivity index (χ2v) is 16.8. The summed E-state index contributed by atoms with van der Waals surface area (Å²) in [4.78, 5) is 54.0. The number of aromatic amines is 1. The monoisotopic (exact) mass is 822 g/mol. The maximum absolute atomic E-state index is 16.8. The molecule has 318 valence electrons. The average molecular weight is 823 g/mol. The van der Waals surface area contributed by atoms with Crippen LogP contribution in [-0.4, -0.2) is 126 Å². The molecule has 2 N–H and O–H groups in total. The van der Waals surface area contributed by atoms with Gasteiger partial charge in [0.05, 0.1) is 36.3 Å². The summed E-state index contributed by atoms with van der Waals surface area (Å²) in [6.07, 6.45) is 2.02. The Morgan fingerprint density at radius 2 is 2.00 bits per heavy atom. The number of hydrogen-bond acceptors (Lipinski definition) is 12.